The zero-order valence-electron chi connectivity index (χ0n) is 15.9. The second-order valence-corrected chi connectivity index (χ2v) is 6.28. The molecule has 0 aromatic heterocycles. The third-order valence-corrected chi connectivity index (χ3v) is 4.46. The van der Waals surface area contributed by atoms with Gasteiger partial charge in [0.05, 0.1) is 14.2 Å². The summed E-state index contributed by atoms with van der Waals surface area (Å²) in [6.45, 7) is 0.729. The van der Waals surface area contributed by atoms with Gasteiger partial charge < -0.3 is 24.3 Å². The van der Waals surface area contributed by atoms with E-state index in [4.69, 9.17) is 18.9 Å². The lowest BCUT2D eigenvalue weighted by Crippen LogP contribution is -2.26. The van der Waals surface area contributed by atoms with Gasteiger partial charge in [-0.3, -0.25) is 9.59 Å². The molecule has 0 aliphatic carbocycles. The lowest BCUT2D eigenvalue weighted by atomic mass is 10.1. The first kappa shape index (κ1) is 19.5. The molecule has 0 bridgehead atoms. The van der Waals surface area contributed by atoms with Gasteiger partial charge in [0.15, 0.2) is 28.8 Å². The molecule has 0 saturated heterocycles. The summed E-state index contributed by atoms with van der Waals surface area (Å²) in [5, 5.41) is 2.84. The van der Waals surface area contributed by atoms with Gasteiger partial charge in [0.25, 0.3) is 0 Å². The summed E-state index contributed by atoms with van der Waals surface area (Å²) < 4.78 is 21.0. The quantitative estimate of drug-likeness (QED) is 0.669. The second kappa shape index (κ2) is 9.12. The maximum Gasteiger partial charge on any atom is 0.231 e. The summed E-state index contributed by atoms with van der Waals surface area (Å²) in [6.07, 6.45) is 0.936. The van der Waals surface area contributed by atoms with Crippen LogP contribution in [0.4, 0.5) is 0 Å². The average Bonchev–Trinajstić information content (AvgIpc) is 3.19. The molecular formula is C21H23NO6. The Kier molecular flexibility index (Phi) is 6.37. The number of ketones is 1. The molecule has 1 aliphatic heterocycles. The molecule has 0 atom stereocenters. The number of Topliss-reactive ketones (excluding diaryl/α,β-unsaturated/α-hetero) is 1. The van der Waals surface area contributed by atoms with Gasteiger partial charge >= 0.3 is 0 Å². The first-order chi connectivity index (χ1) is 13.6. The van der Waals surface area contributed by atoms with E-state index in [2.05, 4.69) is 5.32 Å². The first-order valence-corrected chi connectivity index (χ1v) is 9.01. The largest absolute Gasteiger partial charge is 0.493 e. The Morgan fingerprint density at radius 1 is 0.964 bits per heavy atom. The highest BCUT2D eigenvalue weighted by Gasteiger charge is 2.14. The average molecular weight is 385 g/mol. The van der Waals surface area contributed by atoms with Crippen LogP contribution in [0.1, 0.15) is 28.8 Å². The Morgan fingerprint density at radius 2 is 1.75 bits per heavy atom. The summed E-state index contributed by atoms with van der Waals surface area (Å²) >= 11 is 0. The van der Waals surface area contributed by atoms with Crippen LogP contribution in [0.3, 0.4) is 0 Å². The van der Waals surface area contributed by atoms with Crippen LogP contribution in [-0.2, 0) is 11.2 Å². The van der Waals surface area contributed by atoms with Gasteiger partial charge in [-0.05, 0) is 42.3 Å². The van der Waals surface area contributed by atoms with Crippen LogP contribution in [0.2, 0.25) is 0 Å². The fourth-order valence-electron chi connectivity index (χ4n) is 2.91. The fourth-order valence-corrected chi connectivity index (χ4v) is 2.91. The predicted molar refractivity (Wildman–Crippen MR) is 102 cm³/mol. The van der Waals surface area contributed by atoms with Crippen molar-refractivity contribution >= 4 is 11.7 Å². The van der Waals surface area contributed by atoms with E-state index in [9.17, 15) is 9.59 Å². The Bertz CT molecular complexity index is 864. The summed E-state index contributed by atoms with van der Waals surface area (Å²) in [5.74, 6) is 2.23. The number of rotatable bonds is 9. The number of benzene rings is 2. The molecule has 0 fully saturated rings. The van der Waals surface area contributed by atoms with Gasteiger partial charge in [-0.2, -0.15) is 0 Å². The smallest absolute Gasteiger partial charge is 0.231 e. The Morgan fingerprint density at radius 3 is 2.54 bits per heavy atom. The van der Waals surface area contributed by atoms with Gasteiger partial charge in [0, 0.05) is 24.9 Å². The molecule has 1 amide bonds. The normalized spacial score (nSPS) is 11.8. The van der Waals surface area contributed by atoms with Crippen molar-refractivity contribution in [1.82, 2.24) is 5.32 Å². The highest BCUT2D eigenvalue weighted by molar-refractivity contribution is 5.98. The van der Waals surface area contributed by atoms with Gasteiger partial charge in [-0.25, -0.2) is 0 Å². The van der Waals surface area contributed by atoms with Gasteiger partial charge in [0.1, 0.15) is 0 Å². The lowest BCUT2D eigenvalue weighted by Gasteiger charge is -2.09. The molecule has 2 aromatic rings. The summed E-state index contributed by atoms with van der Waals surface area (Å²) in [5.41, 5.74) is 1.54. The number of hydrogen-bond acceptors (Lipinski definition) is 6. The van der Waals surface area contributed by atoms with E-state index in [0.29, 0.717) is 30.0 Å². The van der Waals surface area contributed by atoms with Crippen LogP contribution in [0, 0.1) is 0 Å². The highest BCUT2D eigenvalue weighted by atomic mass is 16.7. The maximum atomic E-state index is 12.3. The number of carbonyl (C=O) groups is 2. The number of methoxy groups -OCH3 is 2. The molecule has 3 rings (SSSR count). The second-order valence-electron chi connectivity index (χ2n) is 6.28. The van der Waals surface area contributed by atoms with E-state index in [1.165, 1.54) is 14.2 Å². The molecule has 28 heavy (non-hydrogen) atoms. The number of ether oxygens (including phenoxy) is 4. The highest BCUT2D eigenvalue weighted by Crippen LogP contribution is 2.32. The van der Waals surface area contributed by atoms with E-state index in [1.807, 2.05) is 18.2 Å². The summed E-state index contributed by atoms with van der Waals surface area (Å²) in [6, 6.07) is 10.7. The Balaban J connectivity index is 1.43. The van der Waals surface area contributed by atoms with Crippen molar-refractivity contribution in [3.05, 3.63) is 47.5 Å². The minimum atomic E-state index is -0.158. The Hall–Kier alpha value is -3.22. The minimum Gasteiger partial charge on any atom is -0.493 e. The van der Waals surface area contributed by atoms with Gasteiger partial charge in [-0.15, -0.1) is 0 Å². The number of nitrogens with one attached hydrogen (secondary N) is 1. The third kappa shape index (κ3) is 4.73. The molecule has 7 nitrogen and oxygen atoms in total. The number of hydrogen-bond donors (Lipinski definition) is 1. The minimum absolute atomic E-state index is 0.119. The van der Waals surface area contributed by atoms with Crippen LogP contribution in [0.25, 0.3) is 0 Å². The summed E-state index contributed by atoms with van der Waals surface area (Å²) in [7, 11) is 3.05. The third-order valence-electron chi connectivity index (χ3n) is 4.46. The van der Waals surface area contributed by atoms with E-state index < -0.39 is 0 Å². The monoisotopic (exact) mass is 385 g/mol. The van der Waals surface area contributed by atoms with Crippen molar-refractivity contribution in [2.45, 2.75) is 19.3 Å². The molecule has 0 radical (unpaired) electrons. The Labute approximate surface area is 163 Å². The topological polar surface area (TPSA) is 83.1 Å². The molecule has 1 heterocycles. The number of fused-ring (bicyclic) bond motifs is 1. The zero-order chi connectivity index (χ0) is 19.9. The van der Waals surface area contributed by atoms with Gasteiger partial charge in [-0.1, -0.05) is 6.07 Å². The first-order valence-electron chi connectivity index (χ1n) is 9.01. The SMILES string of the molecule is COc1ccc(C(=O)CCC(=O)NCCc2ccc3c(c2)OCO3)cc1OC. The summed E-state index contributed by atoms with van der Waals surface area (Å²) in [4.78, 5) is 24.3. The van der Waals surface area contributed by atoms with Crippen molar-refractivity contribution < 1.29 is 28.5 Å². The van der Waals surface area contributed by atoms with E-state index >= 15 is 0 Å². The number of amides is 1. The van der Waals surface area contributed by atoms with Crippen LogP contribution in [-0.4, -0.2) is 39.2 Å². The molecular weight excluding hydrogens is 362 g/mol. The van der Waals surface area contributed by atoms with Crippen molar-refractivity contribution in [3.63, 3.8) is 0 Å². The molecule has 7 heteroatoms. The lowest BCUT2D eigenvalue weighted by molar-refractivity contribution is -0.121. The standard InChI is InChI=1S/C21H23NO6/c1-25-17-7-4-15(12-19(17)26-2)16(23)5-8-21(24)22-10-9-14-3-6-18-20(11-14)28-13-27-18/h3-4,6-7,11-12H,5,8-10,13H2,1-2H3,(H,22,24). The van der Waals surface area contributed by atoms with Gasteiger partial charge in [0.2, 0.25) is 12.7 Å². The van der Waals surface area contributed by atoms with E-state index in [1.54, 1.807) is 18.2 Å². The molecule has 1 aliphatic rings. The molecule has 1 N–H and O–H groups in total. The van der Waals surface area contributed by atoms with Crippen molar-refractivity contribution in [1.29, 1.82) is 0 Å². The molecule has 2 aromatic carbocycles. The fraction of sp³-hybridized carbons (Fsp3) is 0.333. The maximum absolute atomic E-state index is 12.3. The molecule has 0 spiro atoms. The molecule has 0 saturated carbocycles. The van der Waals surface area contributed by atoms with E-state index in [0.717, 1.165) is 17.1 Å². The van der Waals surface area contributed by atoms with Crippen molar-refractivity contribution in [3.8, 4) is 23.0 Å². The molecule has 148 valence electrons. The zero-order valence-corrected chi connectivity index (χ0v) is 15.9. The van der Waals surface area contributed by atoms with Crippen molar-refractivity contribution in [2.24, 2.45) is 0 Å². The predicted octanol–water partition coefficient (Wildman–Crippen LogP) is 2.75. The van der Waals surface area contributed by atoms with Crippen LogP contribution in [0.15, 0.2) is 36.4 Å². The van der Waals surface area contributed by atoms with E-state index in [-0.39, 0.29) is 31.3 Å². The number of carbonyl (C=O) groups excluding carboxylic acids is 2. The van der Waals surface area contributed by atoms with Crippen LogP contribution >= 0.6 is 0 Å². The molecule has 0 unspecified atom stereocenters. The van der Waals surface area contributed by atoms with Crippen LogP contribution < -0.4 is 24.3 Å². The van der Waals surface area contributed by atoms with Crippen molar-refractivity contribution in [2.75, 3.05) is 27.6 Å². The van der Waals surface area contributed by atoms with Crippen LogP contribution in [0.5, 0.6) is 23.0 Å².